The quantitative estimate of drug-likeness (QED) is 0.654. The van der Waals surface area contributed by atoms with Gasteiger partial charge in [-0.05, 0) is 49.4 Å². The van der Waals surface area contributed by atoms with Crippen molar-refractivity contribution in [2.24, 2.45) is 0 Å². The average Bonchev–Trinajstić information content (AvgIpc) is 3.08. The molecule has 25 heavy (non-hydrogen) atoms. The maximum Gasteiger partial charge on any atom is 0.268 e. The van der Waals surface area contributed by atoms with Gasteiger partial charge in [0.2, 0.25) is 0 Å². The van der Waals surface area contributed by atoms with Crippen molar-refractivity contribution in [2.45, 2.75) is 13.5 Å². The van der Waals surface area contributed by atoms with Gasteiger partial charge in [0.05, 0.1) is 4.88 Å². The largest absolute Gasteiger partial charge is 0.488 e. The highest BCUT2D eigenvalue weighted by Gasteiger charge is 2.25. The number of rotatable bonds is 3. The zero-order chi connectivity index (χ0) is 17.4. The van der Waals surface area contributed by atoms with Gasteiger partial charge >= 0.3 is 0 Å². The molecule has 0 spiro atoms. The van der Waals surface area contributed by atoms with E-state index in [0.29, 0.717) is 23.7 Å². The van der Waals surface area contributed by atoms with Crippen LogP contribution in [0.1, 0.15) is 22.2 Å². The molecule has 126 valence electrons. The second-order valence-electron chi connectivity index (χ2n) is 5.78. The number of halogens is 1. The molecule has 3 nitrogen and oxygen atoms in total. The molecule has 0 fully saturated rings. The summed E-state index contributed by atoms with van der Waals surface area (Å²) >= 11 is 1.48. The molecule has 0 bridgehead atoms. The molecule has 1 aliphatic rings. The van der Waals surface area contributed by atoms with Crippen LogP contribution in [0.3, 0.4) is 0 Å². The molecule has 5 heteroatoms. The molecule has 2 aromatic carbocycles. The van der Waals surface area contributed by atoms with Gasteiger partial charge in [-0.25, -0.2) is 4.39 Å². The second-order valence-corrected chi connectivity index (χ2v) is 6.83. The number of anilines is 1. The van der Waals surface area contributed by atoms with Gasteiger partial charge in [-0.15, -0.1) is 11.3 Å². The van der Waals surface area contributed by atoms with Gasteiger partial charge in [0.1, 0.15) is 18.2 Å². The monoisotopic (exact) mass is 353 g/mol. The van der Waals surface area contributed by atoms with Gasteiger partial charge in [-0.2, -0.15) is 0 Å². The van der Waals surface area contributed by atoms with Crippen molar-refractivity contribution < 1.29 is 13.9 Å². The summed E-state index contributed by atoms with van der Waals surface area (Å²) in [5.74, 6) is 0.459. The third kappa shape index (κ3) is 2.81. The number of hydrogen-bond donors (Lipinski definition) is 0. The fraction of sp³-hybridized carbons (Fsp3) is 0.150. The molecule has 0 aliphatic carbocycles. The minimum atomic E-state index is -0.312. The molecule has 0 atom stereocenters. The van der Waals surface area contributed by atoms with Crippen LogP contribution in [0.4, 0.5) is 10.1 Å². The van der Waals surface area contributed by atoms with E-state index in [2.05, 4.69) is 0 Å². The van der Waals surface area contributed by atoms with Crippen LogP contribution in [0.15, 0.2) is 54.6 Å². The Morgan fingerprint density at radius 3 is 2.72 bits per heavy atom. The minimum Gasteiger partial charge on any atom is -0.488 e. The van der Waals surface area contributed by atoms with Crippen molar-refractivity contribution in [3.63, 3.8) is 0 Å². The lowest BCUT2D eigenvalue weighted by molar-refractivity contribution is 0.0992. The number of ether oxygens (including phenoxy) is 1. The average molecular weight is 353 g/mol. The smallest absolute Gasteiger partial charge is 0.268 e. The summed E-state index contributed by atoms with van der Waals surface area (Å²) in [4.78, 5) is 16.4. The fourth-order valence-corrected chi connectivity index (χ4v) is 4.15. The summed E-state index contributed by atoms with van der Waals surface area (Å²) in [5, 5.41) is 0. The Bertz CT molecular complexity index is 933. The number of carbonyl (C=O) groups excluding carboxylic acids is 1. The standard InChI is InChI=1S/C20H16FNO2S/c1-2-22(15-9-7-14(21)8-10-15)20(23)18-11-13-12-24-17-6-4-3-5-16(17)19(13)25-18/h3-11H,2,12H2,1H3. The van der Waals surface area contributed by atoms with E-state index in [1.165, 1.54) is 23.5 Å². The van der Waals surface area contributed by atoms with E-state index in [-0.39, 0.29) is 11.7 Å². The van der Waals surface area contributed by atoms with Crippen LogP contribution in [-0.2, 0) is 6.61 Å². The Hall–Kier alpha value is -2.66. The van der Waals surface area contributed by atoms with E-state index in [0.717, 1.165) is 21.8 Å². The first-order chi connectivity index (χ1) is 12.2. The van der Waals surface area contributed by atoms with Gasteiger partial charge in [0.25, 0.3) is 5.91 Å². The molecule has 0 radical (unpaired) electrons. The molecular weight excluding hydrogens is 337 g/mol. The van der Waals surface area contributed by atoms with Crippen LogP contribution >= 0.6 is 11.3 Å². The first-order valence-electron chi connectivity index (χ1n) is 8.09. The Morgan fingerprint density at radius 2 is 1.96 bits per heavy atom. The van der Waals surface area contributed by atoms with Crippen molar-refractivity contribution in [3.8, 4) is 16.2 Å². The molecule has 2 heterocycles. The zero-order valence-electron chi connectivity index (χ0n) is 13.7. The molecule has 0 N–H and O–H groups in total. The lowest BCUT2D eigenvalue weighted by Crippen LogP contribution is -2.29. The predicted molar refractivity (Wildman–Crippen MR) is 97.8 cm³/mol. The Kier molecular flexibility index (Phi) is 4.01. The van der Waals surface area contributed by atoms with Gasteiger partial charge < -0.3 is 9.64 Å². The highest BCUT2D eigenvalue weighted by Crippen LogP contribution is 2.42. The van der Waals surface area contributed by atoms with Crippen molar-refractivity contribution >= 4 is 22.9 Å². The first kappa shape index (κ1) is 15.8. The van der Waals surface area contributed by atoms with Crippen LogP contribution < -0.4 is 9.64 Å². The van der Waals surface area contributed by atoms with E-state index < -0.39 is 0 Å². The number of amides is 1. The van der Waals surface area contributed by atoms with Crippen molar-refractivity contribution in [1.29, 1.82) is 0 Å². The number of carbonyl (C=O) groups is 1. The molecular formula is C20H16FNO2S. The Morgan fingerprint density at radius 1 is 1.20 bits per heavy atom. The topological polar surface area (TPSA) is 29.5 Å². The van der Waals surface area contributed by atoms with Gasteiger partial charge in [0, 0.05) is 28.2 Å². The summed E-state index contributed by atoms with van der Waals surface area (Å²) in [6.45, 7) is 2.89. The SMILES string of the molecule is CCN(C(=O)c1cc2c(s1)-c1ccccc1OC2)c1ccc(F)cc1. The number of benzene rings is 2. The van der Waals surface area contributed by atoms with Gasteiger partial charge in [0.15, 0.2) is 0 Å². The van der Waals surface area contributed by atoms with E-state index in [9.17, 15) is 9.18 Å². The van der Waals surface area contributed by atoms with Crippen LogP contribution in [0.2, 0.25) is 0 Å². The van der Waals surface area contributed by atoms with Crippen molar-refractivity contribution in [2.75, 3.05) is 11.4 Å². The minimum absolute atomic E-state index is 0.0778. The molecule has 1 aliphatic heterocycles. The number of nitrogens with zero attached hydrogens (tertiary/aromatic N) is 1. The lowest BCUT2D eigenvalue weighted by atomic mass is 10.1. The van der Waals surface area contributed by atoms with Crippen molar-refractivity contribution in [1.82, 2.24) is 0 Å². The maximum absolute atomic E-state index is 13.2. The molecule has 0 saturated carbocycles. The molecule has 0 unspecified atom stereocenters. The van der Waals surface area contributed by atoms with Gasteiger partial charge in [-0.3, -0.25) is 4.79 Å². The number of thiophene rings is 1. The van der Waals surface area contributed by atoms with Crippen LogP contribution in [0.25, 0.3) is 10.4 Å². The van der Waals surface area contributed by atoms with E-state index in [4.69, 9.17) is 4.74 Å². The van der Waals surface area contributed by atoms with Crippen LogP contribution in [-0.4, -0.2) is 12.5 Å². The summed E-state index contributed by atoms with van der Waals surface area (Å²) in [7, 11) is 0. The summed E-state index contributed by atoms with van der Waals surface area (Å²) < 4.78 is 18.9. The van der Waals surface area contributed by atoms with Gasteiger partial charge in [-0.1, -0.05) is 12.1 Å². The number of hydrogen-bond acceptors (Lipinski definition) is 3. The summed E-state index contributed by atoms with van der Waals surface area (Å²) in [6.07, 6.45) is 0. The summed E-state index contributed by atoms with van der Waals surface area (Å²) in [5.41, 5.74) is 2.75. The lowest BCUT2D eigenvalue weighted by Gasteiger charge is -2.20. The summed E-state index contributed by atoms with van der Waals surface area (Å²) in [6, 6.07) is 15.8. The highest BCUT2D eigenvalue weighted by molar-refractivity contribution is 7.17. The maximum atomic E-state index is 13.2. The third-order valence-corrected chi connectivity index (χ3v) is 5.43. The predicted octanol–water partition coefficient (Wildman–Crippen LogP) is 5.11. The van der Waals surface area contributed by atoms with E-state index >= 15 is 0 Å². The molecule has 3 aromatic rings. The fourth-order valence-electron chi connectivity index (χ4n) is 3.00. The third-order valence-electron chi connectivity index (χ3n) is 4.23. The zero-order valence-corrected chi connectivity index (χ0v) is 14.5. The first-order valence-corrected chi connectivity index (χ1v) is 8.91. The van der Waals surface area contributed by atoms with E-state index in [1.807, 2.05) is 37.3 Å². The normalized spacial score (nSPS) is 12.1. The highest BCUT2D eigenvalue weighted by atomic mass is 32.1. The van der Waals surface area contributed by atoms with E-state index in [1.54, 1.807) is 17.0 Å². The van der Waals surface area contributed by atoms with Crippen LogP contribution in [0.5, 0.6) is 5.75 Å². The molecule has 1 amide bonds. The molecule has 0 saturated heterocycles. The second kappa shape index (κ2) is 6.33. The van der Waals surface area contributed by atoms with Crippen molar-refractivity contribution in [3.05, 3.63) is 70.9 Å². The van der Waals surface area contributed by atoms with Crippen LogP contribution in [0, 0.1) is 5.82 Å². The number of para-hydroxylation sites is 1. The molecule has 4 rings (SSSR count). The molecule has 1 aromatic heterocycles. The Labute approximate surface area is 149 Å². The Balaban J connectivity index is 1.70. The number of fused-ring (bicyclic) bond motifs is 3.